The molecule has 116 valence electrons. The van der Waals surface area contributed by atoms with Crippen molar-refractivity contribution >= 4 is 11.9 Å². The zero-order valence-corrected chi connectivity index (χ0v) is 13.2. The van der Waals surface area contributed by atoms with Gasteiger partial charge in [0, 0.05) is 19.6 Å². The molecule has 0 aromatic heterocycles. The van der Waals surface area contributed by atoms with Crippen LogP contribution in [-0.2, 0) is 9.59 Å². The van der Waals surface area contributed by atoms with Crippen LogP contribution in [0.3, 0.4) is 0 Å². The van der Waals surface area contributed by atoms with Crippen LogP contribution in [0.25, 0.3) is 0 Å². The Morgan fingerprint density at radius 1 is 1.40 bits per heavy atom. The third kappa shape index (κ3) is 3.95. The summed E-state index contributed by atoms with van der Waals surface area (Å²) in [6.45, 7) is 7.61. The van der Waals surface area contributed by atoms with Gasteiger partial charge in [-0.2, -0.15) is 0 Å². The number of hydrogen-bond acceptors (Lipinski definition) is 3. The molecule has 0 aromatic rings. The Morgan fingerprint density at radius 3 is 2.55 bits per heavy atom. The number of piperidine rings is 1. The second kappa shape index (κ2) is 7.07. The van der Waals surface area contributed by atoms with Gasteiger partial charge in [-0.15, -0.1) is 0 Å². The average molecular weight is 284 g/mol. The average Bonchev–Trinajstić information content (AvgIpc) is 2.38. The molecule has 0 saturated carbocycles. The van der Waals surface area contributed by atoms with E-state index in [9.17, 15) is 14.7 Å². The van der Waals surface area contributed by atoms with E-state index in [0.29, 0.717) is 19.5 Å². The van der Waals surface area contributed by atoms with Gasteiger partial charge in [-0.05, 0) is 39.7 Å². The van der Waals surface area contributed by atoms with E-state index in [1.807, 2.05) is 25.7 Å². The van der Waals surface area contributed by atoms with Gasteiger partial charge in [0.15, 0.2) is 0 Å². The van der Waals surface area contributed by atoms with E-state index >= 15 is 0 Å². The first-order valence-corrected chi connectivity index (χ1v) is 7.54. The van der Waals surface area contributed by atoms with Crippen molar-refractivity contribution in [3.8, 4) is 0 Å². The fourth-order valence-electron chi connectivity index (χ4n) is 2.92. The molecule has 1 fully saturated rings. The molecule has 0 spiro atoms. The quantitative estimate of drug-likeness (QED) is 0.808. The standard InChI is InChI=1S/C15H28N2O3/c1-5-7-15(14(19)20)8-6-9-17(11-15)10-13(18)16(4)12(2)3/h12H,5-11H2,1-4H3,(H,19,20). The van der Waals surface area contributed by atoms with Crippen LogP contribution in [0.1, 0.15) is 46.5 Å². The summed E-state index contributed by atoms with van der Waals surface area (Å²) in [6.07, 6.45) is 3.12. The Bertz CT molecular complexity index is 353. The van der Waals surface area contributed by atoms with Crippen molar-refractivity contribution in [2.45, 2.75) is 52.5 Å². The van der Waals surface area contributed by atoms with Gasteiger partial charge in [-0.25, -0.2) is 0 Å². The van der Waals surface area contributed by atoms with Crippen molar-refractivity contribution in [2.75, 3.05) is 26.7 Å². The van der Waals surface area contributed by atoms with E-state index in [2.05, 4.69) is 0 Å². The Kier molecular flexibility index (Phi) is 5.99. The van der Waals surface area contributed by atoms with Crippen LogP contribution in [0.15, 0.2) is 0 Å². The number of likely N-dealkylation sites (tertiary alicyclic amines) is 1. The highest BCUT2D eigenvalue weighted by Crippen LogP contribution is 2.34. The summed E-state index contributed by atoms with van der Waals surface area (Å²) in [4.78, 5) is 27.5. The summed E-state index contributed by atoms with van der Waals surface area (Å²) < 4.78 is 0. The highest BCUT2D eigenvalue weighted by Gasteiger charge is 2.41. The van der Waals surface area contributed by atoms with Crippen LogP contribution in [0.5, 0.6) is 0 Å². The van der Waals surface area contributed by atoms with Gasteiger partial charge in [-0.3, -0.25) is 14.5 Å². The number of carbonyl (C=O) groups excluding carboxylic acids is 1. The highest BCUT2D eigenvalue weighted by atomic mass is 16.4. The molecular weight excluding hydrogens is 256 g/mol. The highest BCUT2D eigenvalue weighted by molar-refractivity contribution is 5.79. The SMILES string of the molecule is CCCC1(C(=O)O)CCCN(CC(=O)N(C)C(C)C)C1. The number of carboxylic acid groups (broad SMARTS) is 1. The molecule has 1 N–H and O–H groups in total. The second-order valence-electron chi connectivity index (χ2n) is 6.25. The van der Waals surface area contributed by atoms with Crippen LogP contribution < -0.4 is 0 Å². The number of amides is 1. The van der Waals surface area contributed by atoms with Gasteiger partial charge >= 0.3 is 5.97 Å². The number of likely N-dealkylation sites (N-methyl/N-ethyl adjacent to an activating group) is 1. The third-order valence-electron chi connectivity index (χ3n) is 4.37. The Morgan fingerprint density at radius 2 is 2.05 bits per heavy atom. The molecule has 0 aromatic carbocycles. The lowest BCUT2D eigenvalue weighted by atomic mass is 9.76. The van der Waals surface area contributed by atoms with Gasteiger partial charge < -0.3 is 10.0 Å². The van der Waals surface area contributed by atoms with E-state index in [-0.39, 0.29) is 11.9 Å². The van der Waals surface area contributed by atoms with E-state index in [0.717, 1.165) is 25.8 Å². The zero-order chi connectivity index (χ0) is 15.3. The lowest BCUT2D eigenvalue weighted by molar-refractivity contribution is -0.154. The minimum absolute atomic E-state index is 0.0673. The first kappa shape index (κ1) is 17.0. The third-order valence-corrected chi connectivity index (χ3v) is 4.37. The van der Waals surface area contributed by atoms with Crippen LogP contribution in [0, 0.1) is 5.41 Å². The molecule has 1 rings (SSSR count). The van der Waals surface area contributed by atoms with Crippen molar-refractivity contribution in [1.82, 2.24) is 9.80 Å². The fraction of sp³-hybridized carbons (Fsp3) is 0.867. The van der Waals surface area contributed by atoms with Crippen LogP contribution in [0.2, 0.25) is 0 Å². The van der Waals surface area contributed by atoms with Gasteiger partial charge in [0.1, 0.15) is 0 Å². The minimum Gasteiger partial charge on any atom is -0.481 e. The Hall–Kier alpha value is -1.10. The number of aliphatic carboxylic acids is 1. The summed E-state index contributed by atoms with van der Waals surface area (Å²) in [5, 5.41) is 9.55. The fourth-order valence-corrected chi connectivity index (χ4v) is 2.92. The summed E-state index contributed by atoms with van der Waals surface area (Å²) in [5.41, 5.74) is -0.663. The van der Waals surface area contributed by atoms with E-state index in [4.69, 9.17) is 0 Å². The normalized spacial score (nSPS) is 23.9. The van der Waals surface area contributed by atoms with Gasteiger partial charge in [-0.1, -0.05) is 13.3 Å². The lowest BCUT2D eigenvalue weighted by Crippen LogP contribution is -2.51. The molecule has 0 bridgehead atoms. The minimum atomic E-state index is -0.714. The summed E-state index contributed by atoms with van der Waals surface area (Å²) >= 11 is 0. The molecular formula is C15H28N2O3. The smallest absolute Gasteiger partial charge is 0.310 e. The number of rotatable bonds is 6. The van der Waals surface area contributed by atoms with Crippen LogP contribution in [-0.4, -0.2) is 59.5 Å². The number of carboxylic acids is 1. The number of carbonyl (C=O) groups is 2. The molecule has 0 aliphatic carbocycles. The van der Waals surface area contributed by atoms with Crippen molar-refractivity contribution in [2.24, 2.45) is 5.41 Å². The molecule has 1 heterocycles. The largest absolute Gasteiger partial charge is 0.481 e. The maximum atomic E-state index is 12.1. The zero-order valence-electron chi connectivity index (χ0n) is 13.2. The molecule has 1 amide bonds. The molecule has 5 nitrogen and oxygen atoms in total. The van der Waals surface area contributed by atoms with Gasteiger partial charge in [0.2, 0.25) is 5.91 Å². The van der Waals surface area contributed by atoms with Crippen molar-refractivity contribution in [3.63, 3.8) is 0 Å². The van der Waals surface area contributed by atoms with Crippen molar-refractivity contribution in [1.29, 1.82) is 0 Å². The molecule has 5 heteroatoms. The van der Waals surface area contributed by atoms with E-state index in [1.165, 1.54) is 0 Å². The van der Waals surface area contributed by atoms with E-state index < -0.39 is 11.4 Å². The number of hydrogen-bond donors (Lipinski definition) is 1. The summed E-state index contributed by atoms with van der Waals surface area (Å²) in [5.74, 6) is -0.647. The molecule has 0 radical (unpaired) electrons. The van der Waals surface area contributed by atoms with Crippen LogP contribution in [0.4, 0.5) is 0 Å². The maximum Gasteiger partial charge on any atom is 0.310 e. The molecule has 1 atom stereocenters. The number of nitrogens with zero attached hydrogens (tertiary/aromatic N) is 2. The van der Waals surface area contributed by atoms with Gasteiger partial charge in [0.05, 0.1) is 12.0 Å². The predicted molar refractivity (Wildman–Crippen MR) is 78.6 cm³/mol. The Balaban J connectivity index is 2.69. The first-order chi connectivity index (χ1) is 9.32. The van der Waals surface area contributed by atoms with Crippen molar-refractivity contribution < 1.29 is 14.7 Å². The van der Waals surface area contributed by atoms with Crippen molar-refractivity contribution in [3.05, 3.63) is 0 Å². The first-order valence-electron chi connectivity index (χ1n) is 7.54. The topological polar surface area (TPSA) is 60.9 Å². The molecule has 20 heavy (non-hydrogen) atoms. The Labute approximate surface area is 121 Å². The molecule has 1 aliphatic rings. The lowest BCUT2D eigenvalue weighted by Gasteiger charge is -2.40. The molecule has 1 saturated heterocycles. The molecule has 1 aliphatic heterocycles. The predicted octanol–water partition coefficient (Wildman–Crippen LogP) is 1.82. The maximum absolute atomic E-state index is 12.1. The summed E-state index contributed by atoms with van der Waals surface area (Å²) in [6, 6.07) is 0.173. The van der Waals surface area contributed by atoms with Gasteiger partial charge in [0.25, 0.3) is 0 Å². The summed E-state index contributed by atoms with van der Waals surface area (Å²) in [7, 11) is 1.80. The second-order valence-corrected chi connectivity index (χ2v) is 6.25. The monoisotopic (exact) mass is 284 g/mol. The van der Waals surface area contributed by atoms with Crippen LogP contribution >= 0.6 is 0 Å². The molecule has 1 unspecified atom stereocenters. The van der Waals surface area contributed by atoms with E-state index in [1.54, 1.807) is 11.9 Å².